The Morgan fingerprint density at radius 1 is 0.946 bits per heavy atom. The van der Waals surface area contributed by atoms with Crippen LogP contribution in [0.25, 0.3) is 0 Å². The van der Waals surface area contributed by atoms with Gasteiger partial charge in [0.15, 0.2) is 6.29 Å². The summed E-state index contributed by atoms with van der Waals surface area (Å²) in [5.74, 6) is -4.22. The van der Waals surface area contributed by atoms with Gasteiger partial charge in [-0.3, -0.25) is 14.6 Å². The van der Waals surface area contributed by atoms with Crippen LogP contribution >= 0.6 is 11.8 Å². The largest absolute Gasteiger partial charge is 0.459 e. The van der Waals surface area contributed by atoms with E-state index in [1.54, 1.807) is 66.6 Å². The molecule has 0 bridgehead atoms. The van der Waals surface area contributed by atoms with Gasteiger partial charge in [0.05, 0.1) is 58.4 Å². The minimum atomic E-state index is -1.99. The predicted octanol–water partition coefficient (Wildman–Crippen LogP) is 5.31. The molecule has 2 aromatic rings. The molecular weight excluding hydrogens is 978 g/mol. The highest BCUT2D eigenvalue weighted by Gasteiger charge is 2.56. The molecule has 3 fully saturated rings. The number of carbonyl (C=O) groups is 2. The summed E-state index contributed by atoms with van der Waals surface area (Å²) in [6, 6.07) is 6.58. The molecule has 20 atom stereocenters. The minimum absolute atomic E-state index is 0.0775. The maximum atomic E-state index is 14.9. The smallest absolute Gasteiger partial charge is 0.309 e. The maximum Gasteiger partial charge on any atom is 0.309 e. The molecule has 0 spiro atoms. The standard InChI is InChI=1S/C54H86FN5O13S/c1-15-41-54(10,66)46(63)33(6)43(61)29(2)25-53(9,69-14)48(31(4)42(32(5)50(65)72-41)40-26-52(8,68-13)47(64)34(7)71-40)73-51-44(62)38(24-30(3)70-51)59(11)22-20-37-28-60(58-57-37)39(27-55)45(67-12)35-16-18-36(19-17-35)49-56-21-23-74-49/h16-19,28-34,38-42,44-48,51,62-64,66H,15,20-27H2,1-14H3/t29-,30-,31+,32-,33+,34+,38+,39-,40-,41-,42?,44-,45-,46-,47+,48-,51+,52-,53-,54-/m1/s1. The third-order valence-corrected chi connectivity index (χ3v) is 18.0. The minimum Gasteiger partial charge on any atom is -0.459 e. The number of Topliss-reactive ketones (excluding diaryl/α,β-unsaturated/α-hetero) is 1. The Bertz CT molecular complexity index is 2190. The first kappa shape index (κ1) is 60.2. The molecule has 5 heterocycles. The van der Waals surface area contributed by atoms with Crippen LogP contribution in [-0.4, -0.2) is 189 Å². The molecule has 0 amide bonds. The number of aliphatic hydroxyl groups excluding tert-OH is 3. The number of halogens is 1. The molecular formula is C54H86FN5O13S. The van der Waals surface area contributed by atoms with Crippen LogP contribution < -0.4 is 0 Å². The molecule has 0 saturated carbocycles. The van der Waals surface area contributed by atoms with Crippen molar-refractivity contribution in [2.45, 2.75) is 191 Å². The van der Waals surface area contributed by atoms with Gasteiger partial charge < -0.3 is 58.5 Å². The average Bonchev–Trinajstić information content (AvgIpc) is 4.10. The Hall–Kier alpha value is -2.99. The summed E-state index contributed by atoms with van der Waals surface area (Å²) >= 11 is 1.71. The molecule has 4 aliphatic rings. The zero-order valence-corrected chi connectivity index (χ0v) is 46.9. The van der Waals surface area contributed by atoms with E-state index < -0.39 is 132 Å². The Labute approximate surface area is 441 Å². The van der Waals surface area contributed by atoms with Crippen molar-refractivity contribution in [2.24, 2.45) is 34.6 Å². The monoisotopic (exact) mass is 1060 g/mol. The van der Waals surface area contributed by atoms with E-state index in [4.69, 9.17) is 33.2 Å². The number of ether oxygens (including phenoxy) is 7. The average molecular weight is 1060 g/mol. The van der Waals surface area contributed by atoms with Gasteiger partial charge in [0.2, 0.25) is 0 Å². The molecule has 1 aromatic heterocycles. The molecule has 74 heavy (non-hydrogen) atoms. The quantitative estimate of drug-likeness (QED) is 0.156. The number of methoxy groups -OCH3 is 3. The van der Waals surface area contributed by atoms with Crippen LogP contribution in [0.1, 0.15) is 124 Å². The third kappa shape index (κ3) is 12.8. The SMILES string of the molecule is CC[C@H]1OC(=O)[C@H](C)C([C@H]2C[C@@](C)(OC)[C@@H](O)[C@H](C)O2)[C@H](C)[C@@H](O[C@@H]2O[C@H](C)C[C@H](N(C)CCc3cn([C@H](CF)[C@H](OC)c4ccc(C5=NCCS5)cc4)nn3)[C@H]2O)[C@](C)(OC)C[C@@H](C)C(=O)[C@H](C)[C@@H](O)[C@]1(C)O. The summed E-state index contributed by atoms with van der Waals surface area (Å²) in [5, 5.41) is 57.0. The lowest BCUT2D eigenvalue weighted by molar-refractivity contribution is -0.305. The molecule has 18 nitrogen and oxygen atoms in total. The molecule has 0 radical (unpaired) electrons. The van der Waals surface area contributed by atoms with Gasteiger partial charge in [-0.2, -0.15) is 0 Å². The van der Waals surface area contributed by atoms with Gasteiger partial charge in [0, 0.05) is 88.6 Å². The Morgan fingerprint density at radius 2 is 1.62 bits per heavy atom. The van der Waals surface area contributed by atoms with E-state index in [1.165, 1.54) is 25.8 Å². The maximum absolute atomic E-state index is 14.9. The number of nitrogens with zero attached hydrogens (tertiary/aromatic N) is 5. The van der Waals surface area contributed by atoms with E-state index in [2.05, 4.69) is 15.3 Å². The van der Waals surface area contributed by atoms with E-state index in [1.807, 2.05) is 57.0 Å². The zero-order valence-electron chi connectivity index (χ0n) is 46.1. The molecule has 4 N–H and O–H groups in total. The fourth-order valence-corrected chi connectivity index (χ4v) is 13.1. The second kappa shape index (κ2) is 25.2. The molecule has 20 heteroatoms. The highest BCUT2D eigenvalue weighted by atomic mass is 32.2. The normalized spacial score (nSPS) is 39.8. The van der Waals surface area contributed by atoms with Crippen molar-refractivity contribution >= 4 is 28.6 Å². The van der Waals surface area contributed by atoms with E-state index in [-0.39, 0.29) is 25.0 Å². The lowest BCUT2D eigenvalue weighted by Crippen LogP contribution is -2.62. The van der Waals surface area contributed by atoms with Crippen molar-refractivity contribution < 1.29 is 67.6 Å². The molecule has 4 aliphatic heterocycles. The molecule has 3 saturated heterocycles. The van der Waals surface area contributed by atoms with Gasteiger partial charge >= 0.3 is 5.97 Å². The molecule has 6 rings (SSSR count). The van der Waals surface area contributed by atoms with Crippen LogP contribution in [0.4, 0.5) is 4.39 Å². The molecule has 0 aliphatic carbocycles. The van der Waals surface area contributed by atoms with Crippen LogP contribution in [0.15, 0.2) is 35.5 Å². The number of aliphatic imine (C=N–C) groups is 1. The van der Waals surface area contributed by atoms with Gasteiger partial charge in [0.1, 0.15) is 48.5 Å². The Kier molecular flexibility index (Phi) is 20.5. The van der Waals surface area contributed by atoms with Crippen LogP contribution in [0.3, 0.4) is 0 Å². The number of esters is 1. The molecule has 418 valence electrons. The van der Waals surface area contributed by atoms with Gasteiger partial charge in [-0.05, 0) is 72.4 Å². The van der Waals surface area contributed by atoms with Gasteiger partial charge in [-0.25, -0.2) is 9.07 Å². The number of carbonyl (C=O) groups excluding carboxylic acids is 2. The molecule has 1 unspecified atom stereocenters. The van der Waals surface area contributed by atoms with Crippen LogP contribution in [-0.2, 0) is 49.2 Å². The van der Waals surface area contributed by atoms with E-state index in [0.717, 1.165) is 28.5 Å². The second-order valence-corrected chi connectivity index (χ2v) is 23.3. The number of benzene rings is 1. The number of aromatic nitrogens is 3. The van der Waals surface area contributed by atoms with Gasteiger partial charge in [0.25, 0.3) is 0 Å². The topological polar surface area (TPSA) is 226 Å². The molecule has 1 aromatic carbocycles. The summed E-state index contributed by atoms with van der Waals surface area (Å²) in [6.45, 7) is 17.8. The first-order chi connectivity index (χ1) is 34.9. The number of hydrogen-bond acceptors (Lipinski definition) is 18. The lowest BCUT2D eigenvalue weighted by atomic mass is 9.67. The third-order valence-electron chi connectivity index (χ3n) is 17.0. The summed E-state index contributed by atoms with van der Waals surface area (Å²) < 4.78 is 61.0. The van der Waals surface area contributed by atoms with Crippen LogP contribution in [0, 0.1) is 29.6 Å². The number of ketones is 1. The fourth-order valence-electron chi connectivity index (χ4n) is 12.2. The van der Waals surface area contributed by atoms with Crippen molar-refractivity contribution in [3.8, 4) is 0 Å². The van der Waals surface area contributed by atoms with Crippen molar-refractivity contribution in [1.29, 1.82) is 0 Å². The summed E-state index contributed by atoms with van der Waals surface area (Å²) in [7, 11) is 6.49. The number of aliphatic hydroxyl groups is 4. The van der Waals surface area contributed by atoms with Crippen LogP contribution in [0.5, 0.6) is 0 Å². The fraction of sp³-hybridized carbons (Fsp3) is 0.796. The first-order valence-electron chi connectivity index (χ1n) is 26.4. The second-order valence-electron chi connectivity index (χ2n) is 22.2. The number of likely N-dealkylation sites (N-methyl/N-ethyl adjacent to an activating group) is 1. The highest BCUT2D eigenvalue weighted by molar-refractivity contribution is 8.14. The lowest BCUT2D eigenvalue weighted by Gasteiger charge is -2.52. The van der Waals surface area contributed by atoms with Crippen molar-refractivity contribution in [3.05, 3.63) is 47.3 Å². The first-order valence-corrected chi connectivity index (χ1v) is 27.4. The van der Waals surface area contributed by atoms with E-state index >= 15 is 0 Å². The highest BCUT2D eigenvalue weighted by Crippen LogP contribution is 2.46. The number of rotatable bonds is 16. The van der Waals surface area contributed by atoms with Crippen molar-refractivity contribution in [3.63, 3.8) is 0 Å². The van der Waals surface area contributed by atoms with Gasteiger partial charge in [-0.1, -0.05) is 64.1 Å². The number of alkyl halides is 1. The zero-order chi connectivity index (χ0) is 54.6. The summed E-state index contributed by atoms with van der Waals surface area (Å²) in [4.78, 5) is 35.5. The van der Waals surface area contributed by atoms with E-state index in [9.17, 15) is 34.4 Å². The predicted molar refractivity (Wildman–Crippen MR) is 277 cm³/mol. The van der Waals surface area contributed by atoms with Crippen molar-refractivity contribution in [1.82, 2.24) is 19.9 Å². The van der Waals surface area contributed by atoms with Gasteiger partial charge in [-0.15, -0.1) is 16.9 Å². The Morgan fingerprint density at radius 3 is 2.22 bits per heavy atom. The summed E-state index contributed by atoms with van der Waals surface area (Å²) in [6.07, 6.45) is -6.71. The summed E-state index contributed by atoms with van der Waals surface area (Å²) in [5.41, 5.74) is -1.94. The number of cyclic esters (lactones) is 1. The number of thioether (sulfide) groups is 1. The number of hydrogen-bond donors (Lipinski definition) is 4. The van der Waals surface area contributed by atoms with Crippen LogP contribution in [0.2, 0.25) is 0 Å². The van der Waals surface area contributed by atoms with Crippen molar-refractivity contribution in [2.75, 3.05) is 53.9 Å². The Balaban J connectivity index is 1.28. The van der Waals surface area contributed by atoms with E-state index in [0.29, 0.717) is 25.1 Å².